The van der Waals surface area contributed by atoms with Crippen LogP contribution in [0.4, 0.5) is 0 Å². The molecule has 178 valence electrons. The minimum atomic E-state index is -1.81. The summed E-state index contributed by atoms with van der Waals surface area (Å²) in [5, 5.41) is 14.2. The van der Waals surface area contributed by atoms with Crippen molar-refractivity contribution >= 4 is 5.97 Å². The molecule has 2 heterocycles. The minimum absolute atomic E-state index is 0.196. The van der Waals surface area contributed by atoms with E-state index in [2.05, 4.69) is 17.0 Å². The molecule has 0 amide bonds. The second kappa shape index (κ2) is 10.7. The van der Waals surface area contributed by atoms with Gasteiger partial charge in [0.15, 0.2) is 6.10 Å². The van der Waals surface area contributed by atoms with Crippen molar-refractivity contribution in [3.05, 3.63) is 60.2 Å². The van der Waals surface area contributed by atoms with Crippen molar-refractivity contribution in [3.63, 3.8) is 0 Å². The summed E-state index contributed by atoms with van der Waals surface area (Å²) in [4.78, 5) is 21.7. The Morgan fingerprint density at radius 3 is 2.55 bits per heavy atom. The van der Waals surface area contributed by atoms with Gasteiger partial charge in [-0.05, 0) is 29.9 Å². The molecule has 1 saturated heterocycles. The fraction of sp³-hybridized carbons (Fsp3) is 0.593. The summed E-state index contributed by atoms with van der Waals surface area (Å²) >= 11 is 0. The number of carbonyl (C=O) groups is 1. The number of rotatable bonds is 8. The van der Waals surface area contributed by atoms with Crippen molar-refractivity contribution in [2.75, 3.05) is 26.7 Å². The highest BCUT2D eigenvalue weighted by Crippen LogP contribution is 2.39. The average Bonchev–Trinajstić information content (AvgIpc) is 2.85. The molecule has 6 heteroatoms. The van der Waals surface area contributed by atoms with Crippen LogP contribution in [0.5, 0.6) is 0 Å². The standard InChI is InChI=1S/C27H37N3O3/c1-30(16-8-10-22-18-28-21-29-19-22)17-9-15-25(20-30)33-26(31)27(32,23-11-4-2-5-12-23)24-13-6-3-7-14-24/h2,4-5,11-12,18-19,21,24-25H,3,6-10,13-17,20H2,1H3/t25?,27?,30-/m1/s1. The van der Waals surface area contributed by atoms with E-state index in [1.165, 1.54) is 0 Å². The van der Waals surface area contributed by atoms with Gasteiger partial charge in [-0.15, -0.1) is 0 Å². The number of aromatic nitrogens is 2. The lowest BCUT2D eigenvalue weighted by Gasteiger charge is -2.48. The van der Waals surface area contributed by atoms with Gasteiger partial charge in [-0.1, -0.05) is 62.4 Å². The van der Waals surface area contributed by atoms with Crippen LogP contribution in [0.3, 0.4) is 0 Å². The minimum Gasteiger partial charge on any atom is -0.837 e. The maximum atomic E-state index is 14.2. The van der Waals surface area contributed by atoms with Crippen LogP contribution in [0.1, 0.15) is 62.5 Å². The third-order valence-electron chi connectivity index (χ3n) is 7.61. The molecule has 4 rings (SSSR count). The Balaban J connectivity index is 1.41. The van der Waals surface area contributed by atoms with Crippen LogP contribution in [0.25, 0.3) is 0 Å². The van der Waals surface area contributed by atoms with E-state index in [1.807, 2.05) is 30.6 Å². The quantitative estimate of drug-likeness (QED) is 0.454. The summed E-state index contributed by atoms with van der Waals surface area (Å²) < 4.78 is 6.90. The predicted octanol–water partition coefficient (Wildman–Crippen LogP) is 3.40. The van der Waals surface area contributed by atoms with E-state index in [4.69, 9.17) is 4.74 Å². The van der Waals surface area contributed by atoms with Crippen LogP contribution in [0.15, 0.2) is 49.1 Å². The fourth-order valence-electron chi connectivity index (χ4n) is 5.75. The van der Waals surface area contributed by atoms with Crippen LogP contribution in [0.2, 0.25) is 0 Å². The third-order valence-corrected chi connectivity index (χ3v) is 7.61. The summed E-state index contributed by atoms with van der Waals surface area (Å²) in [5.74, 6) is -0.765. The molecule has 3 atom stereocenters. The van der Waals surface area contributed by atoms with Crippen molar-refractivity contribution < 1.29 is 19.1 Å². The van der Waals surface area contributed by atoms with Gasteiger partial charge in [0.25, 0.3) is 0 Å². The number of aryl methyl sites for hydroxylation is 1. The monoisotopic (exact) mass is 451 g/mol. The first-order chi connectivity index (χ1) is 16.0. The first-order valence-electron chi connectivity index (χ1n) is 12.5. The molecule has 6 nitrogen and oxygen atoms in total. The molecule has 1 aliphatic heterocycles. The zero-order chi connectivity index (χ0) is 23.2. The van der Waals surface area contributed by atoms with E-state index in [9.17, 15) is 9.90 Å². The number of hydrogen-bond acceptors (Lipinski definition) is 5. The van der Waals surface area contributed by atoms with E-state index in [0.717, 1.165) is 87.5 Å². The molecule has 33 heavy (non-hydrogen) atoms. The molecule has 2 fully saturated rings. The molecule has 1 aliphatic carbocycles. The lowest BCUT2D eigenvalue weighted by molar-refractivity contribution is -0.917. The zero-order valence-corrected chi connectivity index (χ0v) is 19.8. The maximum Gasteiger partial charge on any atom is 0.300 e. The Bertz CT molecular complexity index is 888. The van der Waals surface area contributed by atoms with Crippen LogP contribution >= 0.6 is 0 Å². The molecule has 0 radical (unpaired) electrons. The van der Waals surface area contributed by atoms with Crippen molar-refractivity contribution in [2.24, 2.45) is 5.92 Å². The topological polar surface area (TPSA) is 75.1 Å². The number of hydrogen-bond donors (Lipinski definition) is 0. The number of carbonyl (C=O) groups excluding carboxylic acids is 1. The summed E-state index contributed by atoms with van der Waals surface area (Å²) in [6, 6.07) is 9.20. The van der Waals surface area contributed by atoms with Gasteiger partial charge in [-0.3, -0.25) is 4.79 Å². The molecular weight excluding hydrogens is 414 g/mol. The van der Waals surface area contributed by atoms with E-state index in [-0.39, 0.29) is 12.0 Å². The van der Waals surface area contributed by atoms with Crippen LogP contribution < -0.4 is 5.11 Å². The molecular formula is C27H37N3O3. The highest BCUT2D eigenvalue weighted by molar-refractivity contribution is 5.81. The predicted molar refractivity (Wildman–Crippen MR) is 125 cm³/mol. The summed E-state index contributed by atoms with van der Waals surface area (Å²) in [5.41, 5.74) is -0.105. The molecule has 1 aromatic heterocycles. The number of quaternary nitrogens is 1. The zero-order valence-electron chi connectivity index (χ0n) is 19.8. The Kier molecular flexibility index (Phi) is 7.76. The van der Waals surface area contributed by atoms with Gasteiger partial charge in [-0.25, -0.2) is 9.97 Å². The fourth-order valence-corrected chi connectivity index (χ4v) is 5.75. The molecule has 0 spiro atoms. The Morgan fingerprint density at radius 2 is 1.82 bits per heavy atom. The van der Waals surface area contributed by atoms with Crippen molar-refractivity contribution in [1.29, 1.82) is 0 Å². The number of ether oxygens (including phenoxy) is 1. The smallest absolute Gasteiger partial charge is 0.300 e. The lowest BCUT2D eigenvalue weighted by Crippen LogP contribution is -2.59. The average molecular weight is 452 g/mol. The van der Waals surface area contributed by atoms with Gasteiger partial charge in [-0.2, -0.15) is 0 Å². The second-order valence-corrected chi connectivity index (χ2v) is 10.2. The van der Waals surface area contributed by atoms with Crippen molar-refractivity contribution in [2.45, 2.75) is 69.5 Å². The Morgan fingerprint density at radius 1 is 1.09 bits per heavy atom. The largest absolute Gasteiger partial charge is 0.837 e. The molecule has 0 bridgehead atoms. The lowest BCUT2D eigenvalue weighted by atomic mass is 9.73. The summed E-state index contributed by atoms with van der Waals surface area (Å²) in [7, 11) is 2.24. The van der Waals surface area contributed by atoms with Crippen LogP contribution in [-0.4, -0.2) is 53.2 Å². The Labute approximate surface area is 197 Å². The van der Waals surface area contributed by atoms with Gasteiger partial charge >= 0.3 is 5.97 Å². The van der Waals surface area contributed by atoms with E-state index in [1.54, 1.807) is 18.5 Å². The number of likely N-dealkylation sites (tertiary alicyclic amines) is 1. The van der Waals surface area contributed by atoms with Crippen molar-refractivity contribution in [3.8, 4) is 0 Å². The highest BCUT2D eigenvalue weighted by Gasteiger charge is 2.41. The van der Waals surface area contributed by atoms with E-state index in [0.29, 0.717) is 5.56 Å². The number of nitrogens with zero attached hydrogens (tertiary/aromatic N) is 3. The van der Waals surface area contributed by atoms with Crippen molar-refractivity contribution in [1.82, 2.24) is 9.97 Å². The number of esters is 1. The molecule has 1 saturated carbocycles. The van der Waals surface area contributed by atoms with Gasteiger partial charge in [0.05, 0.1) is 20.1 Å². The van der Waals surface area contributed by atoms with Crippen LogP contribution in [0, 0.1) is 5.92 Å². The first-order valence-corrected chi connectivity index (χ1v) is 12.5. The SMILES string of the molecule is C[N@@+]1(CCCc2cncnc2)CCCC(OC(=O)C([O-])(c2ccccc2)C2CCCCC2)C1. The maximum absolute atomic E-state index is 14.2. The number of benzene rings is 1. The molecule has 0 N–H and O–H groups in total. The van der Waals surface area contributed by atoms with Gasteiger partial charge in [0.2, 0.25) is 0 Å². The van der Waals surface area contributed by atoms with Crippen LogP contribution in [-0.2, 0) is 21.6 Å². The molecule has 2 aliphatic rings. The summed E-state index contributed by atoms with van der Waals surface area (Å²) in [6.45, 7) is 2.85. The normalized spacial score (nSPS) is 25.8. The van der Waals surface area contributed by atoms with Gasteiger partial charge in [0.1, 0.15) is 12.9 Å². The molecule has 2 aromatic rings. The second-order valence-electron chi connectivity index (χ2n) is 10.2. The van der Waals surface area contributed by atoms with Gasteiger partial charge in [0, 0.05) is 30.8 Å². The number of piperidine rings is 1. The van der Waals surface area contributed by atoms with E-state index >= 15 is 0 Å². The summed E-state index contributed by atoms with van der Waals surface area (Å²) in [6.07, 6.45) is 13.7. The first kappa shape index (κ1) is 23.8. The molecule has 2 unspecified atom stereocenters. The van der Waals surface area contributed by atoms with E-state index < -0.39 is 11.6 Å². The number of likely N-dealkylation sites (N-methyl/N-ethyl adjacent to an activating group) is 1. The highest BCUT2D eigenvalue weighted by atomic mass is 16.6. The van der Waals surface area contributed by atoms with Gasteiger partial charge < -0.3 is 14.3 Å². The Hall–Kier alpha value is -2.31. The molecule has 1 aromatic carbocycles. The third kappa shape index (κ3) is 5.79.